The number of amides is 1. The Morgan fingerprint density at radius 2 is 2.18 bits per heavy atom. The molecule has 0 aromatic heterocycles. The van der Waals surface area contributed by atoms with Gasteiger partial charge in [-0.25, -0.2) is 8.42 Å². The van der Waals surface area contributed by atoms with Crippen LogP contribution in [0.3, 0.4) is 0 Å². The standard InChI is InChI=1S/C11H22N2O3S/c1-2-9(6-7-12)13-11(14)10-5-3-4-8-17(10,15)16/h9-10H,2-8,12H2,1H3,(H,13,14). The van der Waals surface area contributed by atoms with Crippen LogP contribution in [0.4, 0.5) is 0 Å². The van der Waals surface area contributed by atoms with Crippen molar-refractivity contribution in [2.75, 3.05) is 12.3 Å². The maximum atomic E-state index is 11.9. The van der Waals surface area contributed by atoms with Gasteiger partial charge in [0, 0.05) is 6.04 Å². The zero-order chi connectivity index (χ0) is 12.9. The van der Waals surface area contributed by atoms with E-state index in [0.717, 1.165) is 12.8 Å². The summed E-state index contributed by atoms with van der Waals surface area (Å²) in [5.74, 6) is -0.205. The first-order valence-electron chi connectivity index (χ1n) is 6.23. The molecule has 0 aliphatic carbocycles. The van der Waals surface area contributed by atoms with Gasteiger partial charge in [0.15, 0.2) is 9.84 Å². The maximum Gasteiger partial charge on any atom is 0.238 e. The Labute approximate surface area is 103 Å². The third kappa shape index (κ3) is 3.96. The first-order chi connectivity index (χ1) is 8.01. The van der Waals surface area contributed by atoms with Crippen molar-refractivity contribution in [3.63, 3.8) is 0 Å². The van der Waals surface area contributed by atoms with Crippen molar-refractivity contribution in [3.8, 4) is 0 Å². The summed E-state index contributed by atoms with van der Waals surface area (Å²) in [6, 6.07) is -0.00961. The minimum Gasteiger partial charge on any atom is -0.352 e. The maximum absolute atomic E-state index is 11.9. The summed E-state index contributed by atoms with van der Waals surface area (Å²) in [5, 5.41) is 1.95. The number of nitrogens with two attached hydrogens (primary N) is 1. The summed E-state index contributed by atoms with van der Waals surface area (Å²) in [6.07, 6.45) is 3.40. The van der Waals surface area contributed by atoms with Crippen LogP contribution in [-0.2, 0) is 14.6 Å². The van der Waals surface area contributed by atoms with E-state index in [2.05, 4.69) is 5.32 Å². The molecule has 0 spiro atoms. The van der Waals surface area contributed by atoms with Crippen LogP contribution in [0.5, 0.6) is 0 Å². The second-order valence-electron chi connectivity index (χ2n) is 4.54. The molecule has 100 valence electrons. The second kappa shape index (κ2) is 6.35. The fourth-order valence-electron chi connectivity index (χ4n) is 2.12. The Hall–Kier alpha value is -0.620. The lowest BCUT2D eigenvalue weighted by atomic mass is 10.1. The molecular formula is C11H22N2O3S. The Kier molecular flexibility index (Phi) is 5.39. The smallest absolute Gasteiger partial charge is 0.238 e. The number of carbonyl (C=O) groups excluding carboxylic acids is 1. The third-order valence-corrected chi connectivity index (χ3v) is 5.40. The molecule has 0 aromatic carbocycles. The normalized spacial score (nSPS) is 25.2. The summed E-state index contributed by atoms with van der Waals surface area (Å²) in [7, 11) is -3.23. The van der Waals surface area contributed by atoms with Crippen molar-refractivity contribution in [3.05, 3.63) is 0 Å². The average molecular weight is 262 g/mol. The van der Waals surface area contributed by atoms with Gasteiger partial charge in [0.05, 0.1) is 5.75 Å². The Balaban J connectivity index is 2.62. The molecule has 0 radical (unpaired) electrons. The van der Waals surface area contributed by atoms with E-state index in [4.69, 9.17) is 5.73 Å². The van der Waals surface area contributed by atoms with Gasteiger partial charge in [0.2, 0.25) is 5.91 Å². The topological polar surface area (TPSA) is 89.3 Å². The van der Waals surface area contributed by atoms with Gasteiger partial charge in [0.1, 0.15) is 5.25 Å². The number of nitrogens with one attached hydrogen (secondary N) is 1. The largest absolute Gasteiger partial charge is 0.352 e. The summed E-state index contributed by atoms with van der Waals surface area (Å²) in [4.78, 5) is 11.9. The van der Waals surface area contributed by atoms with E-state index in [1.165, 1.54) is 0 Å². The van der Waals surface area contributed by atoms with Gasteiger partial charge in [-0.05, 0) is 32.2 Å². The zero-order valence-electron chi connectivity index (χ0n) is 10.3. The van der Waals surface area contributed by atoms with E-state index >= 15 is 0 Å². The van der Waals surface area contributed by atoms with Crippen LogP contribution in [0, 0.1) is 0 Å². The summed E-state index contributed by atoms with van der Waals surface area (Å²) in [5.41, 5.74) is 5.44. The highest BCUT2D eigenvalue weighted by molar-refractivity contribution is 7.92. The highest BCUT2D eigenvalue weighted by Crippen LogP contribution is 2.19. The van der Waals surface area contributed by atoms with Crippen molar-refractivity contribution >= 4 is 15.7 Å². The highest BCUT2D eigenvalue weighted by atomic mass is 32.2. The molecule has 1 fully saturated rings. The van der Waals surface area contributed by atoms with Crippen molar-refractivity contribution in [2.24, 2.45) is 5.73 Å². The van der Waals surface area contributed by atoms with Crippen molar-refractivity contribution in [1.29, 1.82) is 0 Å². The van der Waals surface area contributed by atoms with Crippen LogP contribution >= 0.6 is 0 Å². The lowest BCUT2D eigenvalue weighted by molar-refractivity contribution is -0.121. The monoisotopic (exact) mass is 262 g/mol. The predicted octanol–water partition coefficient (Wildman–Crippen LogP) is 0.197. The van der Waals surface area contributed by atoms with Crippen LogP contribution in [0.1, 0.15) is 39.0 Å². The van der Waals surface area contributed by atoms with E-state index in [1.54, 1.807) is 0 Å². The van der Waals surface area contributed by atoms with E-state index in [9.17, 15) is 13.2 Å². The zero-order valence-corrected chi connectivity index (χ0v) is 11.1. The first kappa shape index (κ1) is 14.4. The summed E-state index contributed by atoms with van der Waals surface area (Å²) >= 11 is 0. The van der Waals surface area contributed by atoms with Gasteiger partial charge in [-0.15, -0.1) is 0 Å². The molecule has 1 amide bonds. The molecule has 3 N–H and O–H groups in total. The van der Waals surface area contributed by atoms with Crippen LogP contribution in [0.15, 0.2) is 0 Å². The first-order valence-corrected chi connectivity index (χ1v) is 7.94. The fourth-order valence-corrected chi connectivity index (χ4v) is 3.93. The third-order valence-electron chi connectivity index (χ3n) is 3.23. The van der Waals surface area contributed by atoms with Gasteiger partial charge < -0.3 is 11.1 Å². The molecule has 0 bridgehead atoms. The van der Waals surface area contributed by atoms with Crippen LogP contribution in [-0.4, -0.2) is 37.9 Å². The van der Waals surface area contributed by atoms with E-state index in [1.807, 2.05) is 6.92 Å². The molecule has 1 aliphatic rings. The van der Waals surface area contributed by atoms with Crippen molar-refractivity contribution in [2.45, 2.75) is 50.3 Å². The Morgan fingerprint density at radius 1 is 1.47 bits per heavy atom. The Bertz CT molecular complexity index is 354. The fraction of sp³-hybridized carbons (Fsp3) is 0.909. The SMILES string of the molecule is CCC(CCN)NC(=O)C1CCCCS1(=O)=O. The minimum atomic E-state index is -3.23. The molecule has 5 nitrogen and oxygen atoms in total. The number of sulfone groups is 1. The van der Waals surface area contributed by atoms with E-state index < -0.39 is 15.1 Å². The number of rotatable bonds is 5. The number of hydrogen-bond acceptors (Lipinski definition) is 4. The molecule has 0 saturated carbocycles. The quantitative estimate of drug-likeness (QED) is 0.740. The lowest BCUT2D eigenvalue weighted by Gasteiger charge is -2.24. The number of hydrogen-bond donors (Lipinski definition) is 2. The van der Waals surface area contributed by atoms with Crippen molar-refractivity contribution in [1.82, 2.24) is 5.32 Å². The molecule has 17 heavy (non-hydrogen) atoms. The molecule has 1 rings (SSSR count). The lowest BCUT2D eigenvalue weighted by Crippen LogP contribution is -2.47. The van der Waals surface area contributed by atoms with E-state index in [0.29, 0.717) is 25.8 Å². The molecule has 1 aliphatic heterocycles. The van der Waals surface area contributed by atoms with Crippen LogP contribution < -0.4 is 11.1 Å². The van der Waals surface area contributed by atoms with Gasteiger partial charge >= 0.3 is 0 Å². The van der Waals surface area contributed by atoms with Gasteiger partial charge in [-0.1, -0.05) is 13.3 Å². The van der Waals surface area contributed by atoms with Gasteiger partial charge in [0.25, 0.3) is 0 Å². The van der Waals surface area contributed by atoms with E-state index in [-0.39, 0.29) is 17.7 Å². The molecule has 1 heterocycles. The molecule has 0 aromatic rings. The van der Waals surface area contributed by atoms with Gasteiger partial charge in [-0.2, -0.15) is 0 Å². The second-order valence-corrected chi connectivity index (χ2v) is 6.85. The number of carbonyl (C=O) groups is 1. The summed E-state index contributed by atoms with van der Waals surface area (Å²) in [6.45, 7) is 2.45. The van der Waals surface area contributed by atoms with Gasteiger partial charge in [-0.3, -0.25) is 4.79 Å². The van der Waals surface area contributed by atoms with Crippen LogP contribution in [0.2, 0.25) is 0 Å². The van der Waals surface area contributed by atoms with Crippen LogP contribution in [0.25, 0.3) is 0 Å². The summed E-state index contributed by atoms with van der Waals surface area (Å²) < 4.78 is 23.5. The molecule has 2 unspecified atom stereocenters. The molecule has 1 saturated heterocycles. The highest BCUT2D eigenvalue weighted by Gasteiger charge is 2.35. The molecular weight excluding hydrogens is 240 g/mol. The average Bonchev–Trinajstić information content (AvgIpc) is 2.27. The Morgan fingerprint density at radius 3 is 2.71 bits per heavy atom. The van der Waals surface area contributed by atoms with Crippen molar-refractivity contribution < 1.29 is 13.2 Å². The molecule has 6 heteroatoms. The minimum absolute atomic E-state index is 0.00961. The molecule has 2 atom stereocenters. The predicted molar refractivity (Wildman–Crippen MR) is 67.3 cm³/mol.